The third-order valence-corrected chi connectivity index (χ3v) is 5.95. The molecule has 118 valence electrons. The Labute approximate surface area is 126 Å². The van der Waals surface area contributed by atoms with Gasteiger partial charge in [-0.25, -0.2) is 0 Å². The van der Waals surface area contributed by atoms with Gasteiger partial charge in [0.15, 0.2) is 0 Å². The highest BCUT2D eigenvalue weighted by atomic mass is 15.1. The van der Waals surface area contributed by atoms with E-state index in [1.807, 2.05) is 0 Å². The zero-order chi connectivity index (χ0) is 14.6. The first-order chi connectivity index (χ1) is 9.56. The van der Waals surface area contributed by atoms with Crippen LogP contribution in [0.1, 0.15) is 65.2 Å². The molecule has 0 aromatic rings. The van der Waals surface area contributed by atoms with Gasteiger partial charge < -0.3 is 10.2 Å². The fourth-order valence-corrected chi connectivity index (χ4v) is 5.10. The number of nitrogens with zero attached hydrogens (tertiary/aromatic N) is 1. The SMILES string of the molecule is CNCC1(CN(C)C2CCCCC2C)CCCC(C)C1. The third-order valence-electron chi connectivity index (χ3n) is 5.95. The van der Waals surface area contributed by atoms with Crippen LogP contribution in [0.5, 0.6) is 0 Å². The van der Waals surface area contributed by atoms with Crippen molar-refractivity contribution in [3.63, 3.8) is 0 Å². The minimum absolute atomic E-state index is 0.526. The zero-order valence-electron chi connectivity index (χ0n) is 14.3. The molecule has 0 aromatic heterocycles. The molecule has 0 aromatic carbocycles. The van der Waals surface area contributed by atoms with Crippen molar-refractivity contribution < 1.29 is 0 Å². The number of nitrogens with one attached hydrogen (secondary N) is 1. The highest BCUT2D eigenvalue weighted by molar-refractivity contribution is 4.91. The van der Waals surface area contributed by atoms with E-state index in [1.54, 1.807) is 0 Å². The summed E-state index contributed by atoms with van der Waals surface area (Å²) in [6.45, 7) is 7.41. The minimum atomic E-state index is 0.526. The molecule has 2 nitrogen and oxygen atoms in total. The molecule has 4 unspecified atom stereocenters. The lowest BCUT2D eigenvalue weighted by molar-refractivity contribution is 0.0478. The smallest absolute Gasteiger partial charge is 0.0118 e. The van der Waals surface area contributed by atoms with Gasteiger partial charge in [-0.1, -0.05) is 39.5 Å². The van der Waals surface area contributed by atoms with Gasteiger partial charge in [0.25, 0.3) is 0 Å². The summed E-state index contributed by atoms with van der Waals surface area (Å²) in [4.78, 5) is 2.72. The van der Waals surface area contributed by atoms with Crippen molar-refractivity contribution >= 4 is 0 Å². The van der Waals surface area contributed by atoms with Gasteiger partial charge in [-0.3, -0.25) is 0 Å². The number of hydrogen-bond acceptors (Lipinski definition) is 2. The fourth-order valence-electron chi connectivity index (χ4n) is 5.10. The first-order valence-corrected chi connectivity index (χ1v) is 8.91. The molecule has 2 saturated carbocycles. The Morgan fingerprint density at radius 1 is 1.10 bits per heavy atom. The molecule has 0 aliphatic heterocycles. The van der Waals surface area contributed by atoms with Crippen molar-refractivity contribution in [2.75, 3.05) is 27.2 Å². The molecule has 0 radical (unpaired) electrons. The quantitative estimate of drug-likeness (QED) is 0.821. The van der Waals surface area contributed by atoms with Gasteiger partial charge in [0.1, 0.15) is 0 Å². The maximum absolute atomic E-state index is 3.49. The fraction of sp³-hybridized carbons (Fsp3) is 1.00. The van der Waals surface area contributed by atoms with E-state index in [0.717, 1.165) is 17.9 Å². The Morgan fingerprint density at radius 2 is 1.85 bits per heavy atom. The molecule has 0 spiro atoms. The van der Waals surface area contributed by atoms with Crippen LogP contribution in [0.2, 0.25) is 0 Å². The Bertz CT molecular complexity index is 287. The zero-order valence-corrected chi connectivity index (χ0v) is 14.3. The van der Waals surface area contributed by atoms with E-state index in [2.05, 4.69) is 38.2 Å². The average Bonchev–Trinajstić information content (AvgIpc) is 2.39. The monoisotopic (exact) mass is 280 g/mol. The maximum atomic E-state index is 3.49. The van der Waals surface area contributed by atoms with Gasteiger partial charge in [0.05, 0.1) is 0 Å². The summed E-state index contributed by atoms with van der Waals surface area (Å²) in [5, 5.41) is 3.49. The molecule has 0 bridgehead atoms. The summed E-state index contributed by atoms with van der Waals surface area (Å²) in [6.07, 6.45) is 11.4. The van der Waals surface area contributed by atoms with Gasteiger partial charge in [-0.15, -0.1) is 0 Å². The molecule has 0 amide bonds. The second-order valence-corrected chi connectivity index (χ2v) is 7.98. The molecule has 0 saturated heterocycles. The normalized spacial score (nSPS) is 39.1. The van der Waals surface area contributed by atoms with Crippen LogP contribution in [0.25, 0.3) is 0 Å². The van der Waals surface area contributed by atoms with Crippen molar-refractivity contribution in [3.8, 4) is 0 Å². The highest BCUT2D eigenvalue weighted by Crippen LogP contribution is 2.40. The van der Waals surface area contributed by atoms with Crippen molar-refractivity contribution in [1.29, 1.82) is 0 Å². The second kappa shape index (κ2) is 7.26. The molecule has 1 N–H and O–H groups in total. The highest BCUT2D eigenvalue weighted by Gasteiger charge is 2.37. The Hall–Kier alpha value is -0.0800. The first kappa shape index (κ1) is 16.3. The van der Waals surface area contributed by atoms with E-state index < -0.39 is 0 Å². The standard InChI is InChI=1S/C18H36N2/c1-15-8-7-11-18(12-15,13-19-3)14-20(4)17-10-6-5-9-16(17)2/h15-17,19H,5-14H2,1-4H3. The van der Waals surface area contributed by atoms with Crippen LogP contribution in [0.3, 0.4) is 0 Å². The van der Waals surface area contributed by atoms with Gasteiger partial charge in [-0.05, 0) is 57.0 Å². The van der Waals surface area contributed by atoms with Crippen LogP contribution >= 0.6 is 0 Å². The summed E-state index contributed by atoms with van der Waals surface area (Å²) < 4.78 is 0. The molecule has 20 heavy (non-hydrogen) atoms. The second-order valence-electron chi connectivity index (χ2n) is 7.98. The largest absolute Gasteiger partial charge is 0.319 e. The lowest BCUT2D eigenvalue weighted by Gasteiger charge is -2.46. The number of hydrogen-bond donors (Lipinski definition) is 1. The molecule has 4 atom stereocenters. The van der Waals surface area contributed by atoms with Crippen LogP contribution < -0.4 is 5.32 Å². The molecular formula is C18H36N2. The molecule has 2 rings (SSSR count). The first-order valence-electron chi connectivity index (χ1n) is 8.91. The van der Waals surface area contributed by atoms with Gasteiger partial charge in [0.2, 0.25) is 0 Å². The summed E-state index contributed by atoms with van der Waals surface area (Å²) in [7, 11) is 4.52. The van der Waals surface area contributed by atoms with E-state index in [4.69, 9.17) is 0 Å². The molecule has 2 aliphatic rings. The van der Waals surface area contributed by atoms with Crippen molar-refractivity contribution in [1.82, 2.24) is 10.2 Å². The van der Waals surface area contributed by atoms with E-state index in [1.165, 1.54) is 64.5 Å². The van der Waals surface area contributed by atoms with E-state index >= 15 is 0 Å². The Morgan fingerprint density at radius 3 is 2.50 bits per heavy atom. The maximum Gasteiger partial charge on any atom is 0.0118 e. The van der Waals surface area contributed by atoms with Crippen LogP contribution in [0.15, 0.2) is 0 Å². The molecule has 2 fully saturated rings. The third kappa shape index (κ3) is 3.98. The van der Waals surface area contributed by atoms with Crippen LogP contribution in [-0.2, 0) is 0 Å². The van der Waals surface area contributed by atoms with E-state index in [0.29, 0.717) is 5.41 Å². The van der Waals surface area contributed by atoms with Gasteiger partial charge >= 0.3 is 0 Å². The van der Waals surface area contributed by atoms with Gasteiger partial charge in [-0.2, -0.15) is 0 Å². The Balaban J connectivity index is 1.99. The predicted octanol–water partition coefficient (Wildman–Crippen LogP) is 3.91. The van der Waals surface area contributed by atoms with Crippen molar-refractivity contribution in [3.05, 3.63) is 0 Å². The lowest BCUT2D eigenvalue weighted by Crippen LogP contribution is -2.49. The van der Waals surface area contributed by atoms with Crippen LogP contribution in [0.4, 0.5) is 0 Å². The molecule has 2 aliphatic carbocycles. The average molecular weight is 280 g/mol. The minimum Gasteiger partial charge on any atom is -0.319 e. The number of rotatable bonds is 5. The van der Waals surface area contributed by atoms with Crippen LogP contribution in [0, 0.1) is 17.3 Å². The topological polar surface area (TPSA) is 15.3 Å². The molecule has 2 heteroatoms. The Kier molecular flexibility index (Phi) is 5.92. The van der Waals surface area contributed by atoms with Crippen LogP contribution in [-0.4, -0.2) is 38.1 Å². The summed E-state index contributed by atoms with van der Waals surface area (Å²) in [5.74, 6) is 1.80. The summed E-state index contributed by atoms with van der Waals surface area (Å²) >= 11 is 0. The summed E-state index contributed by atoms with van der Waals surface area (Å²) in [6, 6.07) is 0.828. The van der Waals surface area contributed by atoms with E-state index in [-0.39, 0.29) is 0 Å². The van der Waals surface area contributed by atoms with E-state index in [9.17, 15) is 0 Å². The van der Waals surface area contributed by atoms with Gasteiger partial charge in [0, 0.05) is 19.1 Å². The molecular weight excluding hydrogens is 244 g/mol. The van der Waals surface area contributed by atoms with Crippen molar-refractivity contribution in [2.45, 2.75) is 71.3 Å². The lowest BCUT2D eigenvalue weighted by atomic mass is 9.69. The molecule has 0 heterocycles. The predicted molar refractivity (Wildman–Crippen MR) is 88.0 cm³/mol. The van der Waals surface area contributed by atoms with Crippen molar-refractivity contribution in [2.24, 2.45) is 17.3 Å². The summed E-state index contributed by atoms with van der Waals surface area (Å²) in [5.41, 5.74) is 0.526.